The lowest BCUT2D eigenvalue weighted by Gasteiger charge is -2.12. The summed E-state index contributed by atoms with van der Waals surface area (Å²) in [7, 11) is 0.264. The molecule has 5 nitrogen and oxygen atoms in total. The van der Waals surface area contributed by atoms with Gasteiger partial charge < -0.3 is 10.0 Å². The van der Waals surface area contributed by atoms with Gasteiger partial charge in [-0.25, -0.2) is 13.2 Å². The van der Waals surface area contributed by atoms with E-state index in [0.717, 1.165) is 0 Å². The number of carbonyl (C=O) groups is 1. The first-order valence-corrected chi connectivity index (χ1v) is 8.50. The first-order chi connectivity index (χ1) is 9.15. The van der Waals surface area contributed by atoms with Gasteiger partial charge in [-0.05, 0) is 51.7 Å². The molecule has 0 radical (unpaired) electrons. The molecule has 0 atom stereocenters. The number of carboxylic acid groups (broad SMARTS) is 1. The SMILES string of the molecule is Cc1c(Br)cc(C(=O)O)cc1S(=O)(=O)CCCN(C)C. The Bertz CT molecular complexity index is 611. The van der Waals surface area contributed by atoms with E-state index < -0.39 is 15.8 Å². The van der Waals surface area contributed by atoms with Crippen LogP contribution in [-0.2, 0) is 9.84 Å². The van der Waals surface area contributed by atoms with E-state index in [0.29, 0.717) is 23.0 Å². The van der Waals surface area contributed by atoms with Crippen LogP contribution in [0.3, 0.4) is 0 Å². The second kappa shape index (κ2) is 6.69. The van der Waals surface area contributed by atoms with E-state index in [9.17, 15) is 13.2 Å². The summed E-state index contributed by atoms with van der Waals surface area (Å²) < 4.78 is 25.1. The molecule has 0 bridgehead atoms. The maximum absolute atomic E-state index is 12.3. The largest absolute Gasteiger partial charge is 0.478 e. The summed E-state index contributed by atoms with van der Waals surface area (Å²) in [4.78, 5) is 13.0. The van der Waals surface area contributed by atoms with Crippen LogP contribution < -0.4 is 0 Å². The fourth-order valence-corrected chi connectivity index (χ4v) is 3.98. The van der Waals surface area contributed by atoms with Crippen molar-refractivity contribution in [2.24, 2.45) is 0 Å². The number of hydrogen-bond donors (Lipinski definition) is 1. The maximum Gasteiger partial charge on any atom is 0.335 e. The Hall–Kier alpha value is -0.920. The number of sulfone groups is 1. The molecular weight excluding hydrogens is 346 g/mol. The zero-order valence-corrected chi connectivity index (χ0v) is 14.1. The first kappa shape index (κ1) is 17.1. The number of nitrogens with zero attached hydrogens (tertiary/aromatic N) is 1. The maximum atomic E-state index is 12.3. The normalized spacial score (nSPS) is 11.8. The van der Waals surface area contributed by atoms with E-state index in [-0.39, 0.29) is 16.2 Å². The highest BCUT2D eigenvalue weighted by Crippen LogP contribution is 2.27. The third-order valence-electron chi connectivity index (χ3n) is 2.90. The molecule has 0 spiro atoms. The quantitative estimate of drug-likeness (QED) is 0.838. The van der Waals surface area contributed by atoms with Crippen LogP contribution in [0.1, 0.15) is 22.3 Å². The van der Waals surface area contributed by atoms with Crippen molar-refractivity contribution < 1.29 is 18.3 Å². The third-order valence-corrected chi connectivity index (χ3v) is 5.64. The molecule has 0 amide bonds. The molecule has 0 saturated heterocycles. The van der Waals surface area contributed by atoms with Crippen molar-refractivity contribution in [1.82, 2.24) is 4.90 Å². The highest BCUT2D eigenvalue weighted by molar-refractivity contribution is 9.10. The number of aromatic carboxylic acids is 1. The average Bonchev–Trinajstić information content (AvgIpc) is 2.31. The van der Waals surface area contributed by atoms with Crippen LogP contribution in [0.2, 0.25) is 0 Å². The predicted octanol–water partition coefficient (Wildman–Crippen LogP) is 2.18. The predicted molar refractivity (Wildman–Crippen MR) is 81.1 cm³/mol. The summed E-state index contributed by atoms with van der Waals surface area (Å²) in [6, 6.07) is 2.64. The molecule has 0 aliphatic heterocycles. The lowest BCUT2D eigenvalue weighted by Crippen LogP contribution is -2.18. The lowest BCUT2D eigenvalue weighted by molar-refractivity contribution is 0.0696. The molecule has 0 saturated carbocycles. The Kier molecular flexibility index (Phi) is 5.73. The van der Waals surface area contributed by atoms with Gasteiger partial charge >= 0.3 is 5.97 Å². The highest BCUT2D eigenvalue weighted by Gasteiger charge is 2.21. The minimum absolute atomic E-state index is 0.00152. The monoisotopic (exact) mass is 363 g/mol. The van der Waals surface area contributed by atoms with Crippen LogP contribution in [0.15, 0.2) is 21.5 Å². The Labute approximate surface area is 127 Å². The molecule has 20 heavy (non-hydrogen) atoms. The minimum atomic E-state index is -3.49. The zero-order valence-electron chi connectivity index (χ0n) is 11.7. The van der Waals surface area contributed by atoms with E-state index in [1.54, 1.807) is 6.92 Å². The van der Waals surface area contributed by atoms with Crippen LogP contribution >= 0.6 is 15.9 Å². The number of carboxylic acids is 1. The molecule has 1 N–H and O–H groups in total. The van der Waals surface area contributed by atoms with Gasteiger partial charge in [0.05, 0.1) is 16.2 Å². The minimum Gasteiger partial charge on any atom is -0.478 e. The molecule has 0 heterocycles. The van der Waals surface area contributed by atoms with Gasteiger partial charge in [-0.1, -0.05) is 15.9 Å². The molecule has 0 fully saturated rings. The van der Waals surface area contributed by atoms with Crippen molar-refractivity contribution in [3.05, 3.63) is 27.7 Å². The molecule has 1 rings (SSSR count). The van der Waals surface area contributed by atoms with Crippen molar-refractivity contribution >= 4 is 31.7 Å². The lowest BCUT2D eigenvalue weighted by atomic mass is 10.1. The Morgan fingerprint density at radius 2 is 1.95 bits per heavy atom. The van der Waals surface area contributed by atoms with Crippen LogP contribution in [0.25, 0.3) is 0 Å². The van der Waals surface area contributed by atoms with Gasteiger partial charge in [-0.2, -0.15) is 0 Å². The van der Waals surface area contributed by atoms with E-state index in [2.05, 4.69) is 15.9 Å². The fraction of sp³-hybridized carbons (Fsp3) is 0.462. The van der Waals surface area contributed by atoms with E-state index in [4.69, 9.17) is 5.11 Å². The Morgan fingerprint density at radius 1 is 1.35 bits per heavy atom. The first-order valence-electron chi connectivity index (χ1n) is 6.06. The topological polar surface area (TPSA) is 74.7 Å². The van der Waals surface area contributed by atoms with E-state index >= 15 is 0 Å². The van der Waals surface area contributed by atoms with Crippen molar-refractivity contribution in [1.29, 1.82) is 0 Å². The van der Waals surface area contributed by atoms with Crippen LogP contribution in [0.4, 0.5) is 0 Å². The molecule has 1 aromatic carbocycles. The van der Waals surface area contributed by atoms with Crippen LogP contribution in [-0.4, -0.2) is 50.8 Å². The molecule has 1 aromatic rings. The van der Waals surface area contributed by atoms with Crippen molar-refractivity contribution in [3.8, 4) is 0 Å². The van der Waals surface area contributed by atoms with Crippen LogP contribution in [0.5, 0.6) is 0 Å². The standard InChI is InChI=1S/C13H18BrNO4S/c1-9-11(14)7-10(13(16)17)8-12(9)20(18,19)6-4-5-15(2)3/h7-8H,4-6H2,1-3H3,(H,16,17). The summed E-state index contributed by atoms with van der Waals surface area (Å²) in [5.74, 6) is -1.14. The smallest absolute Gasteiger partial charge is 0.335 e. The van der Waals surface area contributed by atoms with Gasteiger partial charge in [0.15, 0.2) is 9.84 Å². The molecule has 0 aliphatic rings. The van der Waals surface area contributed by atoms with Gasteiger partial charge in [0.2, 0.25) is 0 Å². The van der Waals surface area contributed by atoms with Gasteiger partial charge in [0.25, 0.3) is 0 Å². The van der Waals surface area contributed by atoms with Crippen molar-refractivity contribution in [2.75, 3.05) is 26.4 Å². The number of rotatable bonds is 6. The van der Waals surface area contributed by atoms with E-state index in [1.807, 2.05) is 19.0 Å². The number of benzene rings is 1. The summed E-state index contributed by atoms with van der Waals surface area (Å²) in [6.07, 6.45) is 0.504. The summed E-state index contributed by atoms with van der Waals surface area (Å²) in [5, 5.41) is 9.02. The van der Waals surface area contributed by atoms with Crippen LogP contribution in [0, 0.1) is 6.92 Å². The second-order valence-corrected chi connectivity index (χ2v) is 7.79. The summed E-state index contributed by atoms with van der Waals surface area (Å²) in [5.41, 5.74) is 0.508. The summed E-state index contributed by atoms with van der Waals surface area (Å²) >= 11 is 3.21. The van der Waals surface area contributed by atoms with Gasteiger partial charge in [0, 0.05) is 4.47 Å². The molecule has 7 heteroatoms. The number of hydrogen-bond acceptors (Lipinski definition) is 4. The third kappa shape index (κ3) is 4.29. The Morgan fingerprint density at radius 3 is 2.45 bits per heavy atom. The van der Waals surface area contributed by atoms with Gasteiger partial charge in [-0.15, -0.1) is 0 Å². The van der Waals surface area contributed by atoms with E-state index in [1.165, 1.54) is 12.1 Å². The summed E-state index contributed by atoms with van der Waals surface area (Å²) in [6.45, 7) is 2.33. The zero-order chi connectivity index (χ0) is 15.5. The molecular formula is C13H18BrNO4S. The average molecular weight is 364 g/mol. The molecule has 0 aliphatic carbocycles. The van der Waals surface area contributed by atoms with Gasteiger partial charge in [-0.3, -0.25) is 0 Å². The number of halogens is 1. The molecule has 0 aromatic heterocycles. The van der Waals surface area contributed by atoms with Gasteiger partial charge in [0.1, 0.15) is 0 Å². The second-order valence-electron chi connectivity index (χ2n) is 4.86. The fourth-order valence-electron chi connectivity index (χ4n) is 1.78. The Balaban J connectivity index is 3.14. The molecule has 0 unspecified atom stereocenters. The highest BCUT2D eigenvalue weighted by atomic mass is 79.9. The van der Waals surface area contributed by atoms with Crippen molar-refractivity contribution in [2.45, 2.75) is 18.2 Å². The molecule has 112 valence electrons. The van der Waals surface area contributed by atoms with Crippen molar-refractivity contribution in [3.63, 3.8) is 0 Å².